The van der Waals surface area contributed by atoms with Crippen molar-refractivity contribution in [3.05, 3.63) is 52.6 Å². The minimum absolute atomic E-state index is 0.0478. The number of halogens is 1. The number of ketones is 2. The lowest BCUT2D eigenvalue weighted by Crippen LogP contribution is -2.17. The SMILES string of the molecule is CC(=O)c1c(C)[nH]c(C(=O)CSc2nnc(-c3ccc(F)cc3)n2C[C@H]2CCCO2)c1C. The van der Waals surface area contributed by atoms with E-state index in [-0.39, 0.29) is 29.2 Å². The number of aromatic amines is 1. The summed E-state index contributed by atoms with van der Waals surface area (Å²) in [6, 6.07) is 6.11. The van der Waals surface area contributed by atoms with Crippen LogP contribution in [0.15, 0.2) is 29.4 Å². The highest BCUT2D eigenvalue weighted by Gasteiger charge is 2.24. The molecule has 3 heterocycles. The maximum atomic E-state index is 13.4. The van der Waals surface area contributed by atoms with E-state index in [4.69, 9.17) is 4.74 Å². The number of rotatable bonds is 8. The average molecular weight is 457 g/mol. The van der Waals surface area contributed by atoms with Crippen molar-refractivity contribution < 1.29 is 18.7 Å². The predicted molar refractivity (Wildman–Crippen MR) is 120 cm³/mol. The van der Waals surface area contributed by atoms with E-state index in [1.807, 2.05) is 4.57 Å². The summed E-state index contributed by atoms with van der Waals surface area (Å²) in [6.45, 7) is 6.36. The Balaban J connectivity index is 1.58. The van der Waals surface area contributed by atoms with Crippen LogP contribution in [0.5, 0.6) is 0 Å². The molecule has 7 nitrogen and oxygen atoms in total. The Labute approximate surface area is 189 Å². The summed E-state index contributed by atoms with van der Waals surface area (Å²) in [5.41, 5.74) is 3.14. The van der Waals surface area contributed by atoms with Crippen LogP contribution in [-0.2, 0) is 11.3 Å². The van der Waals surface area contributed by atoms with Crippen LogP contribution < -0.4 is 0 Å². The lowest BCUT2D eigenvalue weighted by atomic mass is 10.1. The number of benzene rings is 1. The molecule has 1 aliphatic heterocycles. The lowest BCUT2D eigenvalue weighted by Gasteiger charge is -2.14. The zero-order valence-electron chi connectivity index (χ0n) is 18.3. The van der Waals surface area contributed by atoms with Crippen molar-refractivity contribution >= 4 is 23.3 Å². The number of hydrogen-bond acceptors (Lipinski definition) is 6. The third kappa shape index (κ3) is 4.54. The third-order valence-electron chi connectivity index (χ3n) is 5.63. The maximum absolute atomic E-state index is 13.4. The Morgan fingerprint density at radius 1 is 1.25 bits per heavy atom. The van der Waals surface area contributed by atoms with Crippen molar-refractivity contribution in [3.63, 3.8) is 0 Å². The van der Waals surface area contributed by atoms with Gasteiger partial charge in [-0.3, -0.25) is 14.2 Å². The van der Waals surface area contributed by atoms with Crippen molar-refractivity contribution in [3.8, 4) is 11.4 Å². The molecule has 1 fully saturated rings. The van der Waals surface area contributed by atoms with Gasteiger partial charge in [0, 0.05) is 23.4 Å². The van der Waals surface area contributed by atoms with Crippen LogP contribution in [0.3, 0.4) is 0 Å². The van der Waals surface area contributed by atoms with Crippen LogP contribution >= 0.6 is 11.8 Å². The van der Waals surface area contributed by atoms with Gasteiger partial charge in [-0.25, -0.2) is 4.39 Å². The first kappa shape index (κ1) is 22.4. The Bertz CT molecular complexity index is 1150. The van der Waals surface area contributed by atoms with Gasteiger partial charge < -0.3 is 9.72 Å². The van der Waals surface area contributed by atoms with E-state index in [1.165, 1.54) is 30.8 Å². The number of nitrogens with one attached hydrogen (secondary N) is 1. The molecule has 1 aliphatic rings. The molecule has 0 aliphatic carbocycles. The van der Waals surface area contributed by atoms with E-state index in [0.717, 1.165) is 25.0 Å². The number of carbonyl (C=O) groups excluding carboxylic acids is 2. The van der Waals surface area contributed by atoms with Crippen molar-refractivity contribution in [2.75, 3.05) is 12.4 Å². The van der Waals surface area contributed by atoms with Crippen molar-refractivity contribution in [2.45, 2.75) is 51.4 Å². The van der Waals surface area contributed by atoms with Gasteiger partial charge >= 0.3 is 0 Å². The number of nitrogens with zero attached hydrogens (tertiary/aromatic N) is 3. The number of aryl methyl sites for hydroxylation is 1. The Hall–Kier alpha value is -2.78. The average Bonchev–Trinajstić information content (AvgIpc) is 3.47. The largest absolute Gasteiger partial charge is 0.376 e. The molecule has 3 aromatic rings. The standard InChI is InChI=1S/C23H25FN4O3S/c1-13-20(15(3)29)14(2)25-21(13)19(30)12-32-23-27-26-22(16-6-8-17(24)9-7-16)28(23)11-18-5-4-10-31-18/h6-9,18,25H,4-5,10-12H2,1-3H3/t18-/m1/s1. The fourth-order valence-corrected chi connectivity index (χ4v) is 4.94. The van der Waals surface area contributed by atoms with Crippen LogP contribution in [0, 0.1) is 19.7 Å². The topological polar surface area (TPSA) is 89.9 Å². The second-order valence-corrected chi connectivity index (χ2v) is 8.89. The molecular formula is C23H25FN4O3S. The molecule has 0 spiro atoms. The van der Waals surface area contributed by atoms with Gasteiger partial charge in [0.25, 0.3) is 0 Å². The quantitative estimate of drug-likeness (QED) is 0.400. The highest BCUT2D eigenvalue weighted by molar-refractivity contribution is 7.99. The van der Waals surface area contributed by atoms with E-state index in [2.05, 4.69) is 15.2 Å². The molecule has 2 aromatic heterocycles. The van der Waals surface area contributed by atoms with Crippen LogP contribution in [0.2, 0.25) is 0 Å². The lowest BCUT2D eigenvalue weighted by molar-refractivity contribution is 0.0953. The molecule has 32 heavy (non-hydrogen) atoms. The second-order valence-electron chi connectivity index (χ2n) is 7.95. The molecule has 0 saturated carbocycles. The van der Waals surface area contributed by atoms with Gasteiger partial charge in [0.2, 0.25) is 0 Å². The van der Waals surface area contributed by atoms with Crippen molar-refractivity contribution in [1.82, 2.24) is 19.7 Å². The molecule has 0 unspecified atom stereocenters. The zero-order chi connectivity index (χ0) is 22.8. The highest BCUT2D eigenvalue weighted by atomic mass is 32.2. The van der Waals surface area contributed by atoms with Gasteiger partial charge in [0.1, 0.15) is 5.82 Å². The fourth-order valence-electron chi connectivity index (χ4n) is 4.12. The molecule has 0 radical (unpaired) electrons. The minimum atomic E-state index is -0.319. The highest BCUT2D eigenvalue weighted by Crippen LogP contribution is 2.28. The van der Waals surface area contributed by atoms with Crippen LogP contribution in [0.4, 0.5) is 4.39 Å². The number of hydrogen-bond donors (Lipinski definition) is 1. The predicted octanol–water partition coefficient (Wildman–Crippen LogP) is 4.39. The van der Waals surface area contributed by atoms with E-state index >= 15 is 0 Å². The third-order valence-corrected chi connectivity index (χ3v) is 6.60. The molecule has 1 saturated heterocycles. The molecule has 1 aromatic carbocycles. The zero-order valence-corrected chi connectivity index (χ0v) is 19.1. The molecule has 4 rings (SSSR count). The molecule has 1 atom stereocenters. The van der Waals surface area contributed by atoms with Gasteiger partial charge in [-0.05, 0) is 63.4 Å². The van der Waals surface area contributed by atoms with Gasteiger partial charge in [-0.1, -0.05) is 11.8 Å². The second kappa shape index (κ2) is 9.38. The number of ether oxygens (including phenoxy) is 1. The van der Waals surface area contributed by atoms with Crippen molar-refractivity contribution in [2.24, 2.45) is 0 Å². The Morgan fingerprint density at radius 3 is 2.62 bits per heavy atom. The summed E-state index contributed by atoms with van der Waals surface area (Å²) in [7, 11) is 0. The summed E-state index contributed by atoms with van der Waals surface area (Å²) in [6.07, 6.45) is 1.99. The van der Waals surface area contributed by atoms with Gasteiger partial charge in [-0.15, -0.1) is 10.2 Å². The van der Waals surface area contributed by atoms with E-state index in [1.54, 1.807) is 26.0 Å². The van der Waals surface area contributed by atoms with E-state index in [9.17, 15) is 14.0 Å². The first-order valence-electron chi connectivity index (χ1n) is 10.5. The molecule has 0 bridgehead atoms. The molecule has 9 heteroatoms. The number of thioether (sulfide) groups is 1. The Morgan fingerprint density at radius 2 is 2.00 bits per heavy atom. The minimum Gasteiger partial charge on any atom is -0.376 e. The summed E-state index contributed by atoms with van der Waals surface area (Å²) >= 11 is 1.29. The van der Waals surface area contributed by atoms with Gasteiger partial charge in [0.05, 0.1) is 24.1 Å². The maximum Gasteiger partial charge on any atom is 0.192 e. The van der Waals surface area contributed by atoms with Crippen LogP contribution in [0.25, 0.3) is 11.4 Å². The monoisotopic (exact) mass is 456 g/mol. The van der Waals surface area contributed by atoms with Gasteiger partial charge in [0.15, 0.2) is 22.5 Å². The molecular weight excluding hydrogens is 431 g/mol. The first-order valence-corrected chi connectivity index (χ1v) is 11.5. The fraction of sp³-hybridized carbons (Fsp3) is 0.391. The van der Waals surface area contributed by atoms with Gasteiger partial charge in [-0.2, -0.15) is 0 Å². The summed E-state index contributed by atoms with van der Waals surface area (Å²) in [5.74, 6) is 0.258. The van der Waals surface area contributed by atoms with E-state index < -0.39 is 0 Å². The number of H-pyrrole nitrogens is 1. The summed E-state index contributed by atoms with van der Waals surface area (Å²) in [5, 5.41) is 9.22. The Kier molecular flexibility index (Phi) is 6.57. The van der Waals surface area contributed by atoms with E-state index in [0.29, 0.717) is 40.0 Å². The smallest absolute Gasteiger partial charge is 0.192 e. The van der Waals surface area contributed by atoms with Crippen molar-refractivity contribution in [1.29, 1.82) is 0 Å². The normalized spacial score (nSPS) is 15.9. The number of Topliss-reactive ketones (excluding diaryl/α,β-unsaturated/α-hetero) is 2. The number of carbonyl (C=O) groups is 2. The molecule has 0 amide bonds. The first-order chi connectivity index (χ1) is 15.3. The number of aromatic nitrogens is 4. The van der Waals surface area contributed by atoms with Crippen LogP contribution in [0.1, 0.15) is 51.9 Å². The summed E-state index contributed by atoms with van der Waals surface area (Å²) < 4.78 is 21.1. The van der Waals surface area contributed by atoms with Crippen LogP contribution in [-0.4, -0.2) is 49.8 Å². The molecule has 168 valence electrons. The molecule has 1 N–H and O–H groups in total. The summed E-state index contributed by atoms with van der Waals surface area (Å²) in [4.78, 5) is 27.8.